The van der Waals surface area contributed by atoms with Gasteiger partial charge in [0, 0.05) is 38.4 Å². The lowest BCUT2D eigenvalue weighted by atomic mass is 10.0. The number of aromatic nitrogens is 2. The first-order valence-electron chi connectivity index (χ1n) is 3.56. The number of hydrogen-bond donors (Lipinski definition) is 1. The van der Waals surface area contributed by atoms with Gasteiger partial charge in [-0.3, -0.25) is 0 Å². The molecule has 2 rings (SSSR count). The van der Waals surface area contributed by atoms with Gasteiger partial charge in [-0.05, 0) is 0 Å². The first kappa shape index (κ1) is 5.92. The van der Waals surface area contributed by atoms with Crippen molar-refractivity contribution >= 4 is 0 Å². The highest BCUT2D eigenvalue weighted by Gasteiger charge is 2.21. The van der Waals surface area contributed by atoms with Gasteiger partial charge in [0.2, 0.25) is 0 Å². The quantitative estimate of drug-likeness (QED) is 0.595. The van der Waals surface area contributed by atoms with Gasteiger partial charge < -0.3 is 9.88 Å². The van der Waals surface area contributed by atoms with Crippen LogP contribution < -0.4 is 5.32 Å². The van der Waals surface area contributed by atoms with Gasteiger partial charge >= 0.3 is 0 Å². The lowest BCUT2D eigenvalue weighted by Crippen LogP contribution is -2.41. The molecule has 2 heterocycles. The molecular formula is C7H11N3. The minimum absolute atomic E-state index is 0.653. The maximum atomic E-state index is 4.26. The Labute approximate surface area is 60.1 Å². The lowest BCUT2D eigenvalue weighted by Gasteiger charge is -2.26. The predicted molar refractivity (Wildman–Crippen MR) is 38.8 cm³/mol. The van der Waals surface area contributed by atoms with Crippen LogP contribution in [0.5, 0.6) is 0 Å². The van der Waals surface area contributed by atoms with Crippen LogP contribution in [0.2, 0.25) is 0 Å². The number of rotatable bonds is 1. The van der Waals surface area contributed by atoms with E-state index in [1.54, 1.807) is 0 Å². The van der Waals surface area contributed by atoms with Gasteiger partial charge in [0.05, 0.1) is 0 Å². The summed E-state index contributed by atoms with van der Waals surface area (Å²) in [6, 6.07) is 0. The second kappa shape index (κ2) is 2.09. The molecule has 0 aliphatic carbocycles. The Morgan fingerprint density at radius 3 is 2.90 bits per heavy atom. The SMILES string of the molecule is Cn1ccnc1C1CNC1. The minimum Gasteiger partial charge on any atom is -0.338 e. The monoisotopic (exact) mass is 137 g/mol. The molecule has 10 heavy (non-hydrogen) atoms. The maximum absolute atomic E-state index is 4.26. The van der Waals surface area contributed by atoms with E-state index in [2.05, 4.69) is 14.9 Å². The molecule has 0 saturated carbocycles. The third-order valence-corrected chi connectivity index (χ3v) is 2.01. The Balaban J connectivity index is 2.23. The van der Waals surface area contributed by atoms with Crippen LogP contribution in [0.1, 0.15) is 11.7 Å². The highest BCUT2D eigenvalue weighted by molar-refractivity contribution is 5.05. The van der Waals surface area contributed by atoms with Crippen molar-refractivity contribution in [3.8, 4) is 0 Å². The Morgan fingerprint density at radius 1 is 1.70 bits per heavy atom. The van der Waals surface area contributed by atoms with E-state index in [9.17, 15) is 0 Å². The molecule has 0 aromatic carbocycles. The van der Waals surface area contributed by atoms with Crippen LogP contribution in [0.4, 0.5) is 0 Å². The number of imidazole rings is 1. The summed E-state index contributed by atoms with van der Waals surface area (Å²) in [5.74, 6) is 1.86. The molecule has 3 heteroatoms. The summed E-state index contributed by atoms with van der Waals surface area (Å²) in [7, 11) is 2.04. The van der Waals surface area contributed by atoms with Crippen LogP contribution in [-0.4, -0.2) is 22.6 Å². The van der Waals surface area contributed by atoms with Gasteiger partial charge in [0.15, 0.2) is 0 Å². The fourth-order valence-corrected chi connectivity index (χ4v) is 1.24. The fourth-order valence-electron chi connectivity index (χ4n) is 1.24. The highest BCUT2D eigenvalue weighted by atomic mass is 15.1. The molecule has 1 saturated heterocycles. The number of nitrogens with zero attached hydrogens (tertiary/aromatic N) is 2. The Hall–Kier alpha value is -0.830. The molecule has 1 aromatic heterocycles. The standard InChI is InChI=1S/C7H11N3/c1-10-3-2-9-7(10)6-4-8-5-6/h2-3,6,8H,4-5H2,1H3. The highest BCUT2D eigenvalue weighted by Crippen LogP contribution is 2.16. The summed E-state index contributed by atoms with van der Waals surface area (Å²) >= 11 is 0. The van der Waals surface area contributed by atoms with Crippen LogP contribution in [0, 0.1) is 0 Å². The zero-order valence-electron chi connectivity index (χ0n) is 6.04. The molecule has 3 nitrogen and oxygen atoms in total. The molecule has 1 fully saturated rings. The molecule has 54 valence electrons. The van der Waals surface area contributed by atoms with Crippen LogP contribution in [-0.2, 0) is 7.05 Å². The third kappa shape index (κ3) is 0.743. The Morgan fingerprint density at radius 2 is 2.50 bits per heavy atom. The average molecular weight is 137 g/mol. The van der Waals surface area contributed by atoms with Crippen LogP contribution in [0.3, 0.4) is 0 Å². The van der Waals surface area contributed by atoms with Crippen molar-refractivity contribution in [2.45, 2.75) is 5.92 Å². The Kier molecular flexibility index (Phi) is 1.24. The first-order chi connectivity index (χ1) is 4.88. The van der Waals surface area contributed by atoms with Gasteiger partial charge in [0.1, 0.15) is 5.82 Å². The molecule has 0 amide bonds. The van der Waals surface area contributed by atoms with E-state index in [-0.39, 0.29) is 0 Å². The molecule has 0 bridgehead atoms. The largest absolute Gasteiger partial charge is 0.338 e. The van der Waals surface area contributed by atoms with Gasteiger partial charge in [-0.1, -0.05) is 0 Å². The van der Waals surface area contributed by atoms with E-state index in [0.29, 0.717) is 5.92 Å². The molecule has 0 unspecified atom stereocenters. The van der Waals surface area contributed by atoms with Crippen molar-refractivity contribution in [2.75, 3.05) is 13.1 Å². The fraction of sp³-hybridized carbons (Fsp3) is 0.571. The van der Waals surface area contributed by atoms with Crippen LogP contribution in [0.15, 0.2) is 12.4 Å². The van der Waals surface area contributed by atoms with E-state index < -0.39 is 0 Å². The van der Waals surface area contributed by atoms with Crippen LogP contribution in [0.25, 0.3) is 0 Å². The average Bonchev–Trinajstić information content (AvgIpc) is 2.12. The summed E-state index contributed by atoms with van der Waals surface area (Å²) in [5, 5.41) is 3.22. The van der Waals surface area contributed by atoms with E-state index in [0.717, 1.165) is 13.1 Å². The smallest absolute Gasteiger partial charge is 0.114 e. The Bertz CT molecular complexity index is 225. The summed E-state index contributed by atoms with van der Waals surface area (Å²) in [6.07, 6.45) is 3.85. The van der Waals surface area contributed by atoms with E-state index >= 15 is 0 Å². The van der Waals surface area contributed by atoms with Crippen molar-refractivity contribution in [1.82, 2.24) is 14.9 Å². The molecule has 0 radical (unpaired) electrons. The molecule has 1 aliphatic rings. The molecule has 0 spiro atoms. The second-order valence-electron chi connectivity index (χ2n) is 2.75. The number of hydrogen-bond acceptors (Lipinski definition) is 2. The third-order valence-electron chi connectivity index (χ3n) is 2.01. The normalized spacial score (nSPS) is 18.9. The van der Waals surface area contributed by atoms with Crippen molar-refractivity contribution in [3.05, 3.63) is 18.2 Å². The van der Waals surface area contributed by atoms with Crippen molar-refractivity contribution < 1.29 is 0 Å². The summed E-state index contributed by atoms with van der Waals surface area (Å²) in [5.41, 5.74) is 0. The molecule has 1 N–H and O–H groups in total. The van der Waals surface area contributed by atoms with Crippen LogP contribution >= 0.6 is 0 Å². The summed E-state index contributed by atoms with van der Waals surface area (Å²) in [4.78, 5) is 4.26. The van der Waals surface area contributed by atoms with E-state index in [4.69, 9.17) is 0 Å². The van der Waals surface area contributed by atoms with E-state index in [1.165, 1.54) is 5.82 Å². The van der Waals surface area contributed by atoms with Crippen molar-refractivity contribution in [3.63, 3.8) is 0 Å². The maximum Gasteiger partial charge on any atom is 0.114 e. The zero-order chi connectivity index (χ0) is 6.97. The van der Waals surface area contributed by atoms with Gasteiger partial charge in [-0.2, -0.15) is 0 Å². The number of aryl methyl sites for hydroxylation is 1. The second-order valence-corrected chi connectivity index (χ2v) is 2.75. The topological polar surface area (TPSA) is 29.9 Å². The van der Waals surface area contributed by atoms with Gasteiger partial charge in [0.25, 0.3) is 0 Å². The summed E-state index contributed by atoms with van der Waals surface area (Å²) < 4.78 is 2.09. The minimum atomic E-state index is 0.653. The molecule has 1 aromatic rings. The predicted octanol–water partition coefficient (Wildman–Crippen LogP) is 0.107. The number of nitrogens with one attached hydrogen (secondary N) is 1. The van der Waals surface area contributed by atoms with E-state index in [1.807, 2.05) is 19.4 Å². The lowest BCUT2D eigenvalue weighted by molar-refractivity contribution is 0.421. The van der Waals surface area contributed by atoms with Crippen molar-refractivity contribution in [1.29, 1.82) is 0 Å². The molecular weight excluding hydrogens is 126 g/mol. The first-order valence-corrected chi connectivity index (χ1v) is 3.56. The van der Waals surface area contributed by atoms with Gasteiger partial charge in [-0.25, -0.2) is 4.98 Å². The molecule has 1 aliphatic heterocycles. The van der Waals surface area contributed by atoms with Crippen molar-refractivity contribution in [2.24, 2.45) is 7.05 Å². The molecule has 0 atom stereocenters. The zero-order valence-corrected chi connectivity index (χ0v) is 6.04. The summed E-state index contributed by atoms with van der Waals surface area (Å²) in [6.45, 7) is 2.18. The van der Waals surface area contributed by atoms with Gasteiger partial charge in [-0.15, -0.1) is 0 Å².